The van der Waals surface area contributed by atoms with Crippen LogP contribution in [0.1, 0.15) is 22.3 Å². The first-order valence-corrected chi connectivity index (χ1v) is 20.8. The SMILES string of the molecule is Cc1cc(C)cc(-c2nc(-c3ccc(-c4ccc5nc(-c6ccccc6)c6cc7c(cc6c5c4)c4ccccc4n7-c4ccccc4)cc3)nc(-c3cc(C)cc(C)c3)n2)c1. The molecule has 0 saturated carbocycles. The Bertz CT molecular complexity index is 3390. The Labute approximate surface area is 354 Å². The molecule has 0 aliphatic rings. The molecule has 61 heavy (non-hydrogen) atoms. The van der Waals surface area contributed by atoms with E-state index in [1.807, 2.05) is 0 Å². The van der Waals surface area contributed by atoms with E-state index in [0.717, 1.165) is 66.6 Å². The number of fused-ring (bicyclic) bond motifs is 6. The lowest BCUT2D eigenvalue weighted by atomic mass is 9.95. The molecule has 0 spiro atoms. The second-order valence-corrected chi connectivity index (χ2v) is 16.3. The van der Waals surface area contributed by atoms with Gasteiger partial charge in [-0.25, -0.2) is 19.9 Å². The van der Waals surface area contributed by atoms with Crippen LogP contribution in [0, 0.1) is 27.7 Å². The fourth-order valence-electron chi connectivity index (χ4n) is 9.10. The minimum atomic E-state index is 0.644. The number of para-hydroxylation sites is 2. The van der Waals surface area contributed by atoms with Crippen molar-refractivity contribution in [3.8, 4) is 62.2 Å². The number of nitrogens with zero attached hydrogens (tertiary/aromatic N) is 5. The van der Waals surface area contributed by atoms with Crippen LogP contribution in [0.15, 0.2) is 176 Å². The number of hydrogen-bond acceptors (Lipinski definition) is 4. The largest absolute Gasteiger partial charge is 0.309 e. The molecule has 11 aromatic rings. The van der Waals surface area contributed by atoms with Gasteiger partial charge in [-0.15, -0.1) is 0 Å². The van der Waals surface area contributed by atoms with Crippen LogP contribution in [-0.4, -0.2) is 24.5 Å². The third kappa shape index (κ3) is 6.52. The van der Waals surface area contributed by atoms with Gasteiger partial charge in [0.1, 0.15) is 0 Å². The highest BCUT2D eigenvalue weighted by Crippen LogP contribution is 2.41. The van der Waals surface area contributed by atoms with Crippen LogP contribution in [0.3, 0.4) is 0 Å². The Morgan fingerprint density at radius 1 is 0.311 bits per heavy atom. The molecule has 0 aliphatic carbocycles. The first kappa shape index (κ1) is 36.3. The van der Waals surface area contributed by atoms with Crippen molar-refractivity contribution in [2.75, 3.05) is 0 Å². The van der Waals surface area contributed by atoms with E-state index in [9.17, 15) is 0 Å². The minimum Gasteiger partial charge on any atom is -0.309 e. The van der Waals surface area contributed by atoms with Gasteiger partial charge in [-0.05, 0) is 111 Å². The van der Waals surface area contributed by atoms with Crippen LogP contribution in [0.2, 0.25) is 0 Å². The average Bonchev–Trinajstić information content (AvgIpc) is 3.61. The first-order chi connectivity index (χ1) is 29.8. The van der Waals surface area contributed by atoms with Crippen molar-refractivity contribution >= 4 is 43.5 Å². The highest BCUT2D eigenvalue weighted by Gasteiger charge is 2.19. The molecule has 3 heterocycles. The second-order valence-electron chi connectivity index (χ2n) is 16.3. The predicted molar refractivity (Wildman–Crippen MR) is 253 cm³/mol. The molecule has 0 amide bonds. The number of aromatic nitrogens is 5. The highest BCUT2D eigenvalue weighted by molar-refractivity contribution is 6.20. The molecule has 0 aliphatic heterocycles. The lowest BCUT2D eigenvalue weighted by Gasteiger charge is -2.14. The highest BCUT2D eigenvalue weighted by atomic mass is 15.0. The topological polar surface area (TPSA) is 56.5 Å². The Balaban J connectivity index is 1.07. The maximum absolute atomic E-state index is 5.38. The summed E-state index contributed by atoms with van der Waals surface area (Å²) in [5.41, 5.74) is 16.3. The van der Waals surface area contributed by atoms with E-state index in [-0.39, 0.29) is 0 Å². The molecule has 5 heteroatoms. The fourth-order valence-corrected chi connectivity index (χ4v) is 9.10. The Morgan fingerprint density at radius 3 is 1.49 bits per heavy atom. The van der Waals surface area contributed by atoms with Crippen LogP contribution >= 0.6 is 0 Å². The summed E-state index contributed by atoms with van der Waals surface area (Å²) >= 11 is 0. The number of aryl methyl sites for hydroxylation is 4. The van der Waals surface area contributed by atoms with Crippen molar-refractivity contribution in [3.05, 3.63) is 198 Å². The third-order valence-electron chi connectivity index (χ3n) is 11.7. The van der Waals surface area contributed by atoms with Crippen LogP contribution in [-0.2, 0) is 0 Å². The summed E-state index contributed by atoms with van der Waals surface area (Å²) in [5.74, 6) is 1.98. The van der Waals surface area contributed by atoms with E-state index in [4.69, 9.17) is 19.9 Å². The lowest BCUT2D eigenvalue weighted by Crippen LogP contribution is -2.01. The van der Waals surface area contributed by atoms with Crippen molar-refractivity contribution in [1.82, 2.24) is 24.5 Å². The van der Waals surface area contributed by atoms with E-state index < -0.39 is 0 Å². The molecule has 0 unspecified atom stereocenters. The summed E-state index contributed by atoms with van der Waals surface area (Å²) in [6.45, 7) is 8.45. The van der Waals surface area contributed by atoms with E-state index >= 15 is 0 Å². The second kappa shape index (κ2) is 14.5. The summed E-state index contributed by atoms with van der Waals surface area (Å²) < 4.78 is 2.38. The van der Waals surface area contributed by atoms with Gasteiger partial charge in [0.25, 0.3) is 0 Å². The molecule has 8 aromatic carbocycles. The monoisotopic (exact) mass is 783 g/mol. The Hall–Kier alpha value is -7.76. The molecule has 3 aromatic heterocycles. The molecule has 0 fully saturated rings. The van der Waals surface area contributed by atoms with Gasteiger partial charge in [-0.2, -0.15) is 0 Å². The summed E-state index contributed by atoms with van der Waals surface area (Å²) in [7, 11) is 0. The summed E-state index contributed by atoms with van der Waals surface area (Å²) in [5, 5.41) is 5.84. The van der Waals surface area contributed by atoms with Crippen molar-refractivity contribution in [1.29, 1.82) is 0 Å². The van der Waals surface area contributed by atoms with Gasteiger partial charge in [0, 0.05) is 49.5 Å². The van der Waals surface area contributed by atoms with E-state index in [1.165, 1.54) is 43.9 Å². The molecule has 11 rings (SSSR count). The van der Waals surface area contributed by atoms with Crippen molar-refractivity contribution in [2.24, 2.45) is 0 Å². The van der Waals surface area contributed by atoms with E-state index in [2.05, 4.69) is 208 Å². The van der Waals surface area contributed by atoms with Gasteiger partial charge < -0.3 is 4.57 Å². The smallest absolute Gasteiger partial charge is 0.164 e. The van der Waals surface area contributed by atoms with Gasteiger partial charge in [-0.1, -0.05) is 131 Å². The normalized spacial score (nSPS) is 11.6. The molecular formula is C56H41N5. The van der Waals surface area contributed by atoms with Crippen molar-refractivity contribution < 1.29 is 0 Å². The molecule has 0 atom stereocenters. The molecule has 0 N–H and O–H groups in total. The van der Waals surface area contributed by atoms with E-state index in [1.54, 1.807) is 0 Å². The summed E-state index contributed by atoms with van der Waals surface area (Å²) in [4.78, 5) is 20.6. The number of pyridine rings is 1. The van der Waals surface area contributed by atoms with Crippen LogP contribution in [0.25, 0.3) is 106 Å². The Kier molecular flexibility index (Phi) is 8.64. The van der Waals surface area contributed by atoms with Crippen LogP contribution in [0.4, 0.5) is 0 Å². The number of hydrogen-bond donors (Lipinski definition) is 0. The molecular weight excluding hydrogens is 743 g/mol. The lowest BCUT2D eigenvalue weighted by molar-refractivity contribution is 1.07. The van der Waals surface area contributed by atoms with Gasteiger partial charge in [-0.3, -0.25) is 0 Å². The average molecular weight is 784 g/mol. The minimum absolute atomic E-state index is 0.644. The molecule has 0 bridgehead atoms. The molecule has 290 valence electrons. The van der Waals surface area contributed by atoms with Gasteiger partial charge in [0.15, 0.2) is 17.5 Å². The van der Waals surface area contributed by atoms with Crippen molar-refractivity contribution in [3.63, 3.8) is 0 Å². The number of rotatable bonds is 6. The first-order valence-electron chi connectivity index (χ1n) is 20.8. The fraction of sp³-hybridized carbons (Fsp3) is 0.0714. The maximum Gasteiger partial charge on any atom is 0.164 e. The van der Waals surface area contributed by atoms with Crippen LogP contribution < -0.4 is 0 Å². The summed E-state index contributed by atoms with van der Waals surface area (Å²) in [6.07, 6.45) is 0. The third-order valence-corrected chi connectivity index (χ3v) is 11.7. The van der Waals surface area contributed by atoms with Gasteiger partial charge in [0.05, 0.1) is 22.2 Å². The zero-order chi connectivity index (χ0) is 41.2. The van der Waals surface area contributed by atoms with E-state index in [0.29, 0.717) is 17.5 Å². The zero-order valence-electron chi connectivity index (χ0n) is 34.5. The number of benzene rings is 8. The molecule has 0 saturated heterocycles. The van der Waals surface area contributed by atoms with Gasteiger partial charge in [0.2, 0.25) is 0 Å². The Morgan fingerprint density at radius 2 is 0.852 bits per heavy atom. The molecule has 5 nitrogen and oxygen atoms in total. The predicted octanol–water partition coefficient (Wildman–Crippen LogP) is 14.2. The quantitative estimate of drug-likeness (QED) is 0.158. The van der Waals surface area contributed by atoms with Gasteiger partial charge >= 0.3 is 0 Å². The standard InChI is InChI=1S/C56H41N5/c1-34-25-35(2)28-42(27-34)55-58-54(59-56(60-55)43-29-36(3)26-37(4)30-43)40-21-19-38(20-22-40)41-23-24-50-47(31-41)46-32-48-45-17-11-12-18-51(45)61(44-15-9-6-10-16-44)52(48)33-49(46)53(57-50)39-13-7-5-8-14-39/h5-33H,1-4H3. The molecule has 0 radical (unpaired) electrons. The summed E-state index contributed by atoms with van der Waals surface area (Å²) in [6, 6.07) is 62.8. The zero-order valence-corrected chi connectivity index (χ0v) is 34.5. The maximum atomic E-state index is 5.38. The van der Waals surface area contributed by atoms with Crippen molar-refractivity contribution in [2.45, 2.75) is 27.7 Å². The van der Waals surface area contributed by atoms with Crippen LogP contribution in [0.5, 0.6) is 0 Å².